The number of nitrogens with zero attached hydrogens (tertiary/aromatic N) is 3. The molecule has 1 unspecified atom stereocenters. The molecule has 4 nitrogen and oxygen atoms in total. The molecular weight excluding hydrogens is 232 g/mol. The van der Waals surface area contributed by atoms with Crippen LogP contribution in [-0.2, 0) is 6.54 Å². The maximum Gasteiger partial charge on any atom is 0.0794 e. The van der Waals surface area contributed by atoms with E-state index in [-0.39, 0.29) is 0 Å². The van der Waals surface area contributed by atoms with Gasteiger partial charge in [0.1, 0.15) is 0 Å². The van der Waals surface area contributed by atoms with Crippen molar-refractivity contribution in [3.63, 3.8) is 0 Å². The molecule has 0 spiro atoms. The summed E-state index contributed by atoms with van der Waals surface area (Å²) in [5, 5.41) is 7.26. The van der Waals surface area contributed by atoms with Crippen LogP contribution in [0.25, 0.3) is 0 Å². The molecular formula is C12H16N4S. The lowest BCUT2D eigenvalue weighted by Gasteiger charge is -2.14. The van der Waals surface area contributed by atoms with E-state index in [9.17, 15) is 0 Å². The number of aryl methyl sites for hydroxylation is 1. The molecule has 2 aromatic rings. The molecule has 0 saturated carbocycles. The molecule has 17 heavy (non-hydrogen) atoms. The lowest BCUT2D eigenvalue weighted by atomic mass is 10.0. The van der Waals surface area contributed by atoms with Crippen molar-refractivity contribution in [3.8, 4) is 0 Å². The molecule has 1 N–H and O–H groups in total. The van der Waals surface area contributed by atoms with Crippen molar-refractivity contribution in [3.05, 3.63) is 34.0 Å². The van der Waals surface area contributed by atoms with Gasteiger partial charge in [-0.1, -0.05) is 0 Å². The van der Waals surface area contributed by atoms with Gasteiger partial charge < -0.3 is 0 Å². The first-order valence-corrected chi connectivity index (χ1v) is 6.80. The molecule has 2 aromatic heterocycles. The Morgan fingerprint density at radius 1 is 1.53 bits per heavy atom. The summed E-state index contributed by atoms with van der Waals surface area (Å²) in [7, 11) is 0. The predicted molar refractivity (Wildman–Crippen MR) is 68.1 cm³/mol. The van der Waals surface area contributed by atoms with E-state index in [1.807, 2.05) is 17.9 Å². The van der Waals surface area contributed by atoms with Crippen LogP contribution < -0.4 is 0 Å². The number of nitrogens with one attached hydrogen (secondary N) is 1. The maximum atomic E-state index is 4.12. The fraction of sp³-hybridized carbons (Fsp3) is 0.500. The number of aromatic amines is 1. The van der Waals surface area contributed by atoms with Gasteiger partial charge in [-0.25, -0.2) is 0 Å². The normalized spacial score (nSPS) is 21.1. The molecule has 0 amide bonds. The van der Waals surface area contributed by atoms with Gasteiger partial charge in [0.05, 0.1) is 11.7 Å². The summed E-state index contributed by atoms with van der Waals surface area (Å²) in [4.78, 5) is 7.98. The van der Waals surface area contributed by atoms with Crippen molar-refractivity contribution in [2.24, 2.45) is 0 Å². The number of hydrogen-bond donors (Lipinski definition) is 1. The zero-order chi connectivity index (χ0) is 11.7. The fourth-order valence-electron chi connectivity index (χ4n) is 2.52. The first-order valence-electron chi connectivity index (χ1n) is 5.92. The summed E-state index contributed by atoms with van der Waals surface area (Å²) < 4.78 is 0. The fourth-order valence-corrected chi connectivity index (χ4v) is 3.16. The maximum absolute atomic E-state index is 4.12. The van der Waals surface area contributed by atoms with Gasteiger partial charge in [-0.2, -0.15) is 5.10 Å². The van der Waals surface area contributed by atoms with Crippen molar-refractivity contribution in [1.29, 1.82) is 0 Å². The van der Waals surface area contributed by atoms with Gasteiger partial charge >= 0.3 is 0 Å². The second-order valence-electron chi connectivity index (χ2n) is 4.66. The minimum absolute atomic E-state index is 0.616. The second kappa shape index (κ2) is 4.58. The molecule has 0 aliphatic carbocycles. The summed E-state index contributed by atoms with van der Waals surface area (Å²) in [5.41, 5.74) is 4.51. The Labute approximate surface area is 105 Å². The Bertz CT molecular complexity index is 476. The molecule has 1 aliphatic heterocycles. The van der Waals surface area contributed by atoms with Crippen LogP contribution in [0.1, 0.15) is 28.5 Å². The molecule has 0 bridgehead atoms. The molecule has 90 valence electrons. The molecule has 1 aliphatic rings. The van der Waals surface area contributed by atoms with Gasteiger partial charge in [0.25, 0.3) is 0 Å². The van der Waals surface area contributed by atoms with Crippen LogP contribution in [0, 0.1) is 6.92 Å². The molecule has 3 rings (SSSR count). The van der Waals surface area contributed by atoms with E-state index in [4.69, 9.17) is 0 Å². The summed E-state index contributed by atoms with van der Waals surface area (Å²) in [6.07, 6.45) is 5.11. The number of likely N-dealkylation sites (tertiary alicyclic amines) is 1. The number of aromatic nitrogens is 3. The van der Waals surface area contributed by atoms with E-state index >= 15 is 0 Å². The van der Waals surface area contributed by atoms with Gasteiger partial charge in [-0.15, -0.1) is 11.3 Å². The molecule has 1 saturated heterocycles. The average molecular weight is 248 g/mol. The number of H-pyrrole nitrogens is 1. The summed E-state index contributed by atoms with van der Waals surface area (Å²) in [6.45, 7) is 5.46. The van der Waals surface area contributed by atoms with Gasteiger partial charge in [-0.05, 0) is 25.5 Å². The Hall–Kier alpha value is -1.20. The third-order valence-corrected chi connectivity index (χ3v) is 4.18. The standard InChI is InChI=1S/C12H16N4S/c1-9-4-14-15-12(9)10-2-3-16(6-10)7-11-5-13-8-17-11/h4-5,8,10H,2-3,6-7H2,1H3,(H,14,15). The highest BCUT2D eigenvalue weighted by Gasteiger charge is 2.26. The highest BCUT2D eigenvalue weighted by Crippen LogP contribution is 2.28. The Morgan fingerprint density at radius 3 is 3.18 bits per heavy atom. The van der Waals surface area contributed by atoms with E-state index in [1.54, 1.807) is 11.3 Å². The SMILES string of the molecule is Cc1cn[nH]c1C1CCN(Cc2cncs2)C1. The topological polar surface area (TPSA) is 44.8 Å². The second-order valence-corrected chi connectivity index (χ2v) is 5.63. The van der Waals surface area contributed by atoms with Gasteiger partial charge in [-0.3, -0.25) is 15.0 Å². The first kappa shape index (κ1) is 10.9. The van der Waals surface area contributed by atoms with Crippen LogP contribution >= 0.6 is 11.3 Å². The van der Waals surface area contributed by atoms with Crippen LogP contribution in [0.2, 0.25) is 0 Å². The highest BCUT2D eigenvalue weighted by molar-refractivity contribution is 7.09. The summed E-state index contributed by atoms with van der Waals surface area (Å²) in [5.74, 6) is 0.616. The Kier molecular flexibility index (Phi) is 2.94. The molecule has 1 fully saturated rings. The summed E-state index contributed by atoms with van der Waals surface area (Å²) >= 11 is 1.74. The van der Waals surface area contributed by atoms with E-state index in [1.165, 1.54) is 29.1 Å². The molecule has 0 radical (unpaired) electrons. The van der Waals surface area contributed by atoms with Crippen LogP contribution in [0.15, 0.2) is 17.9 Å². The first-order chi connectivity index (χ1) is 8.33. The van der Waals surface area contributed by atoms with E-state index < -0.39 is 0 Å². The molecule has 3 heterocycles. The zero-order valence-electron chi connectivity index (χ0n) is 9.89. The quantitative estimate of drug-likeness (QED) is 0.905. The lowest BCUT2D eigenvalue weighted by molar-refractivity contribution is 0.329. The van der Waals surface area contributed by atoms with Crippen LogP contribution in [0.5, 0.6) is 0 Å². The van der Waals surface area contributed by atoms with Crippen LogP contribution in [0.3, 0.4) is 0 Å². The lowest BCUT2D eigenvalue weighted by Crippen LogP contribution is -2.19. The van der Waals surface area contributed by atoms with Crippen molar-refractivity contribution >= 4 is 11.3 Å². The monoisotopic (exact) mass is 248 g/mol. The highest BCUT2D eigenvalue weighted by atomic mass is 32.1. The van der Waals surface area contributed by atoms with E-state index in [0.29, 0.717) is 5.92 Å². The molecule has 5 heteroatoms. The van der Waals surface area contributed by atoms with E-state index in [2.05, 4.69) is 27.0 Å². The molecule has 0 aromatic carbocycles. The van der Waals surface area contributed by atoms with Crippen LogP contribution in [0.4, 0.5) is 0 Å². The minimum Gasteiger partial charge on any atom is -0.298 e. The van der Waals surface area contributed by atoms with E-state index in [0.717, 1.165) is 13.1 Å². The largest absolute Gasteiger partial charge is 0.298 e. The third kappa shape index (κ3) is 2.25. The number of rotatable bonds is 3. The Morgan fingerprint density at radius 2 is 2.47 bits per heavy atom. The van der Waals surface area contributed by atoms with Crippen molar-refractivity contribution < 1.29 is 0 Å². The summed E-state index contributed by atoms with van der Waals surface area (Å²) in [6, 6.07) is 0. The van der Waals surface area contributed by atoms with Crippen molar-refractivity contribution in [1.82, 2.24) is 20.1 Å². The zero-order valence-corrected chi connectivity index (χ0v) is 10.7. The van der Waals surface area contributed by atoms with Gasteiger partial charge in [0, 0.05) is 35.8 Å². The minimum atomic E-state index is 0.616. The smallest absolute Gasteiger partial charge is 0.0794 e. The third-order valence-electron chi connectivity index (χ3n) is 3.41. The van der Waals surface area contributed by atoms with Crippen LogP contribution in [-0.4, -0.2) is 33.2 Å². The van der Waals surface area contributed by atoms with Gasteiger partial charge in [0.15, 0.2) is 0 Å². The number of thiazole rings is 1. The predicted octanol–water partition coefficient (Wildman–Crippen LogP) is 2.16. The van der Waals surface area contributed by atoms with Crippen molar-refractivity contribution in [2.75, 3.05) is 13.1 Å². The Balaban J connectivity index is 1.64. The number of hydrogen-bond acceptors (Lipinski definition) is 4. The van der Waals surface area contributed by atoms with Crippen molar-refractivity contribution in [2.45, 2.75) is 25.8 Å². The van der Waals surface area contributed by atoms with Gasteiger partial charge in [0.2, 0.25) is 0 Å². The average Bonchev–Trinajstić information content (AvgIpc) is 3.00. The molecule has 1 atom stereocenters.